The Labute approximate surface area is 148 Å². The number of amides is 1. The Bertz CT molecular complexity index is 626. The van der Waals surface area contributed by atoms with Gasteiger partial charge >= 0.3 is 12.1 Å². The van der Waals surface area contributed by atoms with Crippen molar-refractivity contribution in [2.45, 2.75) is 58.2 Å². The summed E-state index contributed by atoms with van der Waals surface area (Å²) in [5.74, 6) is -0.310. The van der Waals surface area contributed by atoms with E-state index in [1.54, 1.807) is 11.0 Å². The molecule has 0 aliphatic carbocycles. The van der Waals surface area contributed by atoms with Crippen LogP contribution in [-0.2, 0) is 9.53 Å². The fraction of sp³-hybridized carbons (Fsp3) is 0.579. The van der Waals surface area contributed by atoms with Crippen molar-refractivity contribution in [2.75, 3.05) is 13.1 Å². The average Bonchev–Trinajstić information content (AvgIpc) is 2.54. The first kappa shape index (κ1) is 19.1. The Morgan fingerprint density at radius 2 is 2.04 bits per heavy atom. The Kier molecular flexibility index (Phi) is 5.93. The summed E-state index contributed by atoms with van der Waals surface area (Å²) in [5, 5.41) is 9.21. The van der Waals surface area contributed by atoms with E-state index in [1.807, 2.05) is 32.0 Å². The predicted octanol–water partition coefficient (Wildman–Crippen LogP) is 3.65. The zero-order chi connectivity index (χ0) is 18.6. The van der Waals surface area contributed by atoms with E-state index in [-0.39, 0.29) is 18.1 Å². The highest BCUT2D eigenvalue weighted by Crippen LogP contribution is 2.30. The normalized spacial score (nSPS) is 18.1. The number of likely N-dealkylation sites (tertiary alicyclic amines) is 1. The maximum Gasteiger partial charge on any atom is 0.410 e. The van der Waals surface area contributed by atoms with Crippen molar-refractivity contribution in [2.24, 2.45) is 0 Å². The van der Waals surface area contributed by atoms with Gasteiger partial charge in [0.05, 0.1) is 6.10 Å². The lowest BCUT2D eigenvalue weighted by atomic mass is 9.90. The van der Waals surface area contributed by atoms with E-state index in [2.05, 4.69) is 0 Å². The number of hydrogen-bond acceptors (Lipinski definition) is 4. The van der Waals surface area contributed by atoms with Gasteiger partial charge in [-0.3, -0.25) is 0 Å². The van der Waals surface area contributed by atoms with Crippen molar-refractivity contribution in [3.05, 3.63) is 29.8 Å². The maximum absolute atomic E-state index is 12.1. The lowest BCUT2D eigenvalue weighted by Gasteiger charge is -2.33. The number of carboxylic acids is 1. The maximum atomic E-state index is 12.1. The summed E-state index contributed by atoms with van der Waals surface area (Å²) in [6.45, 7) is 8.01. The number of nitrogens with zero attached hydrogens (tertiary/aromatic N) is 1. The molecule has 0 saturated carbocycles. The minimum Gasteiger partial charge on any atom is -0.478 e. The fourth-order valence-corrected chi connectivity index (χ4v) is 2.86. The van der Waals surface area contributed by atoms with Crippen LogP contribution in [0.2, 0.25) is 0 Å². The van der Waals surface area contributed by atoms with Gasteiger partial charge in [0, 0.05) is 19.0 Å². The van der Waals surface area contributed by atoms with Gasteiger partial charge < -0.3 is 19.5 Å². The molecule has 138 valence electrons. The monoisotopic (exact) mass is 349 g/mol. The summed E-state index contributed by atoms with van der Waals surface area (Å²) >= 11 is 0. The molecular weight excluding hydrogens is 322 g/mol. The molecular formula is C19H27NO5. The Morgan fingerprint density at radius 3 is 2.68 bits per heavy atom. The topological polar surface area (TPSA) is 76.1 Å². The van der Waals surface area contributed by atoms with Crippen molar-refractivity contribution in [1.82, 2.24) is 4.90 Å². The molecule has 1 aromatic rings. The number of aliphatic carboxylic acids is 1. The molecule has 1 fully saturated rings. The molecule has 1 aliphatic heterocycles. The molecule has 6 heteroatoms. The van der Waals surface area contributed by atoms with Gasteiger partial charge in [0.2, 0.25) is 0 Å². The Hall–Kier alpha value is -2.24. The number of hydrogen-bond donors (Lipinski definition) is 1. The molecule has 1 atom stereocenters. The lowest BCUT2D eigenvalue weighted by Crippen LogP contribution is -2.40. The molecule has 25 heavy (non-hydrogen) atoms. The predicted molar refractivity (Wildman–Crippen MR) is 93.9 cm³/mol. The van der Waals surface area contributed by atoms with Crippen molar-refractivity contribution in [1.29, 1.82) is 0 Å². The van der Waals surface area contributed by atoms with E-state index in [4.69, 9.17) is 9.47 Å². The zero-order valence-electron chi connectivity index (χ0n) is 15.3. The molecule has 0 bridgehead atoms. The summed E-state index contributed by atoms with van der Waals surface area (Å²) in [6.07, 6.45) is 1.46. The molecule has 2 rings (SSSR count). The summed E-state index contributed by atoms with van der Waals surface area (Å²) in [5.41, 5.74) is -0.251. The second-order valence-corrected chi connectivity index (χ2v) is 7.21. The number of carbonyl (C=O) groups excluding carboxylic acids is 1. The number of carbonyl (C=O) groups is 2. The number of rotatable bonds is 5. The molecule has 1 heterocycles. The molecule has 1 unspecified atom stereocenters. The molecule has 0 spiro atoms. The first-order chi connectivity index (χ1) is 11.7. The van der Waals surface area contributed by atoms with E-state index in [1.165, 1.54) is 13.8 Å². The average molecular weight is 349 g/mol. The van der Waals surface area contributed by atoms with Crippen LogP contribution in [0.3, 0.4) is 0 Å². The van der Waals surface area contributed by atoms with Crippen LogP contribution in [0.1, 0.15) is 52.0 Å². The van der Waals surface area contributed by atoms with Crippen LogP contribution in [0.5, 0.6) is 5.75 Å². The fourth-order valence-electron chi connectivity index (χ4n) is 2.86. The third-order valence-electron chi connectivity index (χ3n) is 4.23. The third-order valence-corrected chi connectivity index (χ3v) is 4.23. The van der Waals surface area contributed by atoms with Crippen LogP contribution in [0, 0.1) is 0 Å². The number of carboxylic acid groups (broad SMARTS) is 1. The summed E-state index contributed by atoms with van der Waals surface area (Å²) < 4.78 is 10.9. The van der Waals surface area contributed by atoms with E-state index in [9.17, 15) is 14.7 Å². The molecule has 0 aromatic heterocycles. The SMILES string of the molecule is CC(C)OC(=O)N1CCCC(c2cccc(OC(C)(C)C(=O)O)c2)C1. The number of piperidine rings is 1. The standard InChI is InChI=1S/C19H27NO5/c1-13(2)24-18(23)20-10-6-8-15(12-20)14-7-5-9-16(11-14)25-19(3,4)17(21)22/h5,7,9,11,13,15H,6,8,10,12H2,1-4H3,(H,21,22). The summed E-state index contributed by atoms with van der Waals surface area (Å²) in [7, 11) is 0. The van der Waals surface area contributed by atoms with Gasteiger partial charge in [-0.15, -0.1) is 0 Å². The zero-order valence-corrected chi connectivity index (χ0v) is 15.3. The smallest absolute Gasteiger partial charge is 0.410 e. The van der Waals surface area contributed by atoms with Gasteiger partial charge in [-0.05, 0) is 58.2 Å². The van der Waals surface area contributed by atoms with E-state index in [0.29, 0.717) is 18.8 Å². The molecule has 1 aliphatic rings. The Balaban J connectivity index is 2.09. The number of ether oxygens (including phenoxy) is 2. The quantitative estimate of drug-likeness (QED) is 0.878. The van der Waals surface area contributed by atoms with E-state index < -0.39 is 11.6 Å². The van der Waals surface area contributed by atoms with Crippen LogP contribution in [-0.4, -0.2) is 46.9 Å². The van der Waals surface area contributed by atoms with Gasteiger partial charge in [-0.25, -0.2) is 9.59 Å². The Morgan fingerprint density at radius 1 is 1.32 bits per heavy atom. The number of benzene rings is 1. The van der Waals surface area contributed by atoms with Crippen LogP contribution in [0.25, 0.3) is 0 Å². The van der Waals surface area contributed by atoms with Crippen molar-refractivity contribution >= 4 is 12.1 Å². The summed E-state index contributed by atoms with van der Waals surface area (Å²) in [4.78, 5) is 25.1. The van der Waals surface area contributed by atoms with Crippen molar-refractivity contribution in [3.63, 3.8) is 0 Å². The first-order valence-electron chi connectivity index (χ1n) is 8.67. The van der Waals surface area contributed by atoms with Crippen LogP contribution in [0.15, 0.2) is 24.3 Å². The molecule has 1 saturated heterocycles. The molecule has 0 radical (unpaired) electrons. The molecule has 6 nitrogen and oxygen atoms in total. The van der Waals surface area contributed by atoms with E-state index >= 15 is 0 Å². The van der Waals surface area contributed by atoms with Crippen LogP contribution in [0.4, 0.5) is 4.79 Å². The van der Waals surface area contributed by atoms with Gasteiger partial charge in [0.15, 0.2) is 5.60 Å². The largest absolute Gasteiger partial charge is 0.478 e. The second-order valence-electron chi connectivity index (χ2n) is 7.21. The minimum atomic E-state index is -1.29. The van der Waals surface area contributed by atoms with Crippen molar-refractivity contribution < 1.29 is 24.2 Å². The highest BCUT2D eigenvalue weighted by Gasteiger charge is 2.30. The second kappa shape index (κ2) is 7.76. The van der Waals surface area contributed by atoms with E-state index in [0.717, 1.165) is 18.4 Å². The van der Waals surface area contributed by atoms with Crippen LogP contribution >= 0.6 is 0 Å². The van der Waals surface area contributed by atoms with Crippen LogP contribution < -0.4 is 4.74 Å². The molecule has 1 amide bonds. The summed E-state index contributed by atoms with van der Waals surface area (Å²) in [6, 6.07) is 7.46. The highest BCUT2D eigenvalue weighted by atomic mass is 16.6. The first-order valence-corrected chi connectivity index (χ1v) is 8.67. The van der Waals surface area contributed by atoms with Gasteiger partial charge in [-0.1, -0.05) is 12.1 Å². The van der Waals surface area contributed by atoms with Crippen molar-refractivity contribution in [3.8, 4) is 5.75 Å². The highest BCUT2D eigenvalue weighted by molar-refractivity contribution is 5.76. The third kappa shape index (κ3) is 5.11. The molecule has 1 N–H and O–H groups in total. The van der Waals surface area contributed by atoms with Gasteiger partial charge in [0.25, 0.3) is 0 Å². The lowest BCUT2D eigenvalue weighted by molar-refractivity contribution is -0.152. The van der Waals surface area contributed by atoms with Gasteiger partial charge in [-0.2, -0.15) is 0 Å². The minimum absolute atomic E-state index is 0.136. The van der Waals surface area contributed by atoms with Gasteiger partial charge in [0.1, 0.15) is 5.75 Å². The molecule has 1 aromatic carbocycles.